The van der Waals surface area contributed by atoms with Crippen LogP contribution in [0.3, 0.4) is 0 Å². The molecule has 0 N–H and O–H groups in total. The van der Waals surface area contributed by atoms with Crippen molar-refractivity contribution in [2.45, 2.75) is 19.3 Å². The van der Waals surface area contributed by atoms with Crippen molar-refractivity contribution in [2.24, 2.45) is 5.92 Å². The fraction of sp³-hybridized carbons (Fsp3) is 0.417. The van der Waals surface area contributed by atoms with E-state index >= 15 is 0 Å². The molecule has 1 saturated carbocycles. The van der Waals surface area contributed by atoms with Gasteiger partial charge in [-0.1, -0.05) is 15.9 Å². The largest absolute Gasteiger partial charge is 0.496 e. The molecule has 0 bridgehead atoms. The van der Waals surface area contributed by atoms with Gasteiger partial charge in [-0.3, -0.25) is 4.79 Å². The molecule has 1 fully saturated rings. The van der Waals surface area contributed by atoms with Crippen LogP contribution in [0.15, 0.2) is 22.7 Å². The molecule has 0 spiro atoms. The Balaban J connectivity index is 2.23. The molecule has 0 radical (unpaired) electrons. The van der Waals surface area contributed by atoms with E-state index in [4.69, 9.17) is 4.74 Å². The predicted molar refractivity (Wildman–Crippen MR) is 62.4 cm³/mol. The number of Topliss-reactive ketones (excluding diaryl/α,β-unsaturated/α-hetero) is 1. The van der Waals surface area contributed by atoms with Crippen molar-refractivity contribution in [3.8, 4) is 5.75 Å². The summed E-state index contributed by atoms with van der Waals surface area (Å²) in [5.41, 5.74) is 0.693. The molecule has 3 heteroatoms. The molecule has 2 nitrogen and oxygen atoms in total. The van der Waals surface area contributed by atoms with Gasteiger partial charge in [0.1, 0.15) is 5.75 Å². The Bertz CT molecular complexity index is 383. The number of benzene rings is 1. The Hall–Kier alpha value is -0.830. The molecule has 0 heterocycles. The third kappa shape index (κ3) is 2.59. The molecule has 1 aromatic carbocycles. The zero-order valence-corrected chi connectivity index (χ0v) is 10.2. The number of hydrogen-bond donors (Lipinski definition) is 0. The molecule has 2 rings (SSSR count). The first kappa shape index (κ1) is 10.7. The maximum atomic E-state index is 11.9. The van der Waals surface area contributed by atoms with Crippen molar-refractivity contribution in [3.63, 3.8) is 0 Å². The number of carbonyl (C=O) groups is 1. The number of ketones is 1. The second-order valence-electron chi connectivity index (χ2n) is 3.92. The van der Waals surface area contributed by atoms with Crippen LogP contribution in [-0.2, 0) is 0 Å². The normalized spacial score (nSPS) is 15.1. The molecular weight excluding hydrogens is 256 g/mol. The van der Waals surface area contributed by atoms with Crippen LogP contribution in [-0.4, -0.2) is 12.9 Å². The smallest absolute Gasteiger partial charge is 0.166 e. The molecule has 80 valence electrons. The standard InChI is InChI=1S/C12H13BrO2/c1-15-12-5-4-9(13)7-10(12)11(14)6-8-2-3-8/h4-5,7-8H,2-3,6H2,1H3. The first-order valence-electron chi connectivity index (χ1n) is 5.07. The van der Waals surface area contributed by atoms with Crippen molar-refractivity contribution in [1.82, 2.24) is 0 Å². The van der Waals surface area contributed by atoms with Crippen LogP contribution in [0.5, 0.6) is 5.75 Å². The summed E-state index contributed by atoms with van der Waals surface area (Å²) in [5.74, 6) is 1.47. The number of ether oxygens (including phenoxy) is 1. The van der Waals surface area contributed by atoms with Gasteiger partial charge in [0, 0.05) is 10.9 Å². The van der Waals surface area contributed by atoms with Gasteiger partial charge in [0.15, 0.2) is 5.78 Å². The van der Waals surface area contributed by atoms with Gasteiger partial charge < -0.3 is 4.74 Å². The van der Waals surface area contributed by atoms with Gasteiger partial charge >= 0.3 is 0 Å². The van der Waals surface area contributed by atoms with Gasteiger partial charge in [0.2, 0.25) is 0 Å². The zero-order chi connectivity index (χ0) is 10.8. The number of methoxy groups -OCH3 is 1. The highest BCUT2D eigenvalue weighted by atomic mass is 79.9. The topological polar surface area (TPSA) is 26.3 Å². The van der Waals surface area contributed by atoms with Gasteiger partial charge in [0.05, 0.1) is 12.7 Å². The highest BCUT2D eigenvalue weighted by Gasteiger charge is 2.26. The average molecular weight is 269 g/mol. The predicted octanol–water partition coefficient (Wildman–Crippen LogP) is 3.44. The fourth-order valence-corrected chi connectivity index (χ4v) is 1.95. The van der Waals surface area contributed by atoms with Gasteiger partial charge in [0.25, 0.3) is 0 Å². The molecule has 0 amide bonds. The summed E-state index contributed by atoms with van der Waals surface area (Å²) >= 11 is 3.37. The van der Waals surface area contributed by atoms with Crippen LogP contribution in [0.1, 0.15) is 29.6 Å². The first-order valence-corrected chi connectivity index (χ1v) is 5.86. The number of rotatable bonds is 4. The summed E-state index contributed by atoms with van der Waals surface area (Å²) in [4.78, 5) is 11.9. The third-order valence-corrected chi connectivity index (χ3v) is 3.13. The van der Waals surface area contributed by atoms with E-state index < -0.39 is 0 Å². The molecule has 0 atom stereocenters. The quantitative estimate of drug-likeness (QED) is 0.782. The molecule has 1 aliphatic rings. The molecule has 0 unspecified atom stereocenters. The van der Waals surface area contributed by atoms with Crippen LogP contribution >= 0.6 is 15.9 Å². The lowest BCUT2D eigenvalue weighted by Crippen LogP contribution is -2.03. The summed E-state index contributed by atoms with van der Waals surface area (Å²) in [5, 5.41) is 0. The van der Waals surface area contributed by atoms with Crippen LogP contribution < -0.4 is 4.74 Å². The van der Waals surface area contributed by atoms with Gasteiger partial charge in [-0.25, -0.2) is 0 Å². The number of hydrogen-bond acceptors (Lipinski definition) is 2. The van der Waals surface area contributed by atoms with Crippen molar-refractivity contribution < 1.29 is 9.53 Å². The van der Waals surface area contributed by atoms with Crippen LogP contribution in [0, 0.1) is 5.92 Å². The summed E-state index contributed by atoms with van der Waals surface area (Å²) in [7, 11) is 1.59. The van der Waals surface area contributed by atoms with Crippen LogP contribution in [0.25, 0.3) is 0 Å². The Kier molecular flexibility index (Phi) is 3.10. The number of halogens is 1. The second kappa shape index (κ2) is 4.35. The highest BCUT2D eigenvalue weighted by Crippen LogP contribution is 2.35. The Morgan fingerprint density at radius 3 is 2.87 bits per heavy atom. The first-order chi connectivity index (χ1) is 7.20. The lowest BCUT2D eigenvalue weighted by atomic mass is 10.1. The number of carbonyl (C=O) groups excluding carboxylic acids is 1. The Labute approximate surface area is 97.8 Å². The SMILES string of the molecule is COc1ccc(Br)cc1C(=O)CC1CC1. The molecule has 0 saturated heterocycles. The average Bonchev–Trinajstić information content (AvgIpc) is 3.01. The summed E-state index contributed by atoms with van der Waals surface area (Å²) in [6.45, 7) is 0. The van der Waals surface area contributed by atoms with E-state index in [0.717, 1.165) is 4.47 Å². The maximum absolute atomic E-state index is 11.9. The van der Waals surface area contributed by atoms with E-state index in [2.05, 4.69) is 15.9 Å². The van der Waals surface area contributed by atoms with E-state index in [1.807, 2.05) is 18.2 Å². The van der Waals surface area contributed by atoms with E-state index in [0.29, 0.717) is 23.7 Å². The summed E-state index contributed by atoms with van der Waals surface area (Å²) < 4.78 is 6.10. The van der Waals surface area contributed by atoms with Gasteiger partial charge in [-0.2, -0.15) is 0 Å². The van der Waals surface area contributed by atoms with Crippen LogP contribution in [0.2, 0.25) is 0 Å². The molecule has 1 aromatic rings. The van der Waals surface area contributed by atoms with E-state index in [-0.39, 0.29) is 5.78 Å². The summed E-state index contributed by atoms with van der Waals surface area (Å²) in [6.07, 6.45) is 3.05. The summed E-state index contributed by atoms with van der Waals surface area (Å²) in [6, 6.07) is 5.54. The Morgan fingerprint density at radius 2 is 2.27 bits per heavy atom. The second-order valence-corrected chi connectivity index (χ2v) is 4.83. The molecular formula is C12H13BrO2. The van der Waals surface area contributed by atoms with E-state index in [1.54, 1.807) is 7.11 Å². The van der Waals surface area contributed by atoms with Crippen molar-refractivity contribution in [1.29, 1.82) is 0 Å². The van der Waals surface area contributed by atoms with E-state index in [1.165, 1.54) is 12.8 Å². The molecule has 0 aliphatic heterocycles. The van der Waals surface area contributed by atoms with Crippen LogP contribution in [0.4, 0.5) is 0 Å². The minimum Gasteiger partial charge on any atom is -0.496 e. The highest BCUT2D eigenvalue weighted by molar-refractivity contribution is 9.10. The maximum Gasteiger partial charge on any atom is 0.166 e. The Morgan fingerprint density at radius 1 is 1.53 bits per heavy atom. The zero-order valence-electron chi connectivity index (χ0n) is 8.63. The van der Waals surface area contributed by atoms with Crippen molar-refractivity contribution in [3.05, 3.63) is 28.2 Å². The lowest BCUT2D eigenvalue weighted by molar-refractivity contribution is 0.0973. The molecule has 15 heavy (non-hydrogen) atoms. The monoisotopic (exact) mass is 268 g/mol. The molecule has 1 aliphatic carbocycles. The van der Waals surface area contributed by atoms with Gasteiger partial charge in [-0.05, 0) is 37.0 Å². The minimum atomic E-state index is 0.190. The van der Waals surface area contributed by atoms with Crippen molar-refractivity contribution in [2.75, 3.05) is 7.11 Å². The van der Waals surface area contributed by atoms with Crippen molar-refractivity contribution >= 4 is 21.7 Å². The van der Waals surface area contributed by atoms with E-state index in [9.17, 15) is 4.79 Å². The third-order valence-electron chi connectivity index (χ3n) is 2.63. The molecule has 0 aromatic heterocycles. The lowest BCUT2D eigenvalue weighted by Gasteiger charge is -2.07. The minimum absolute atomic E-state index is 0.190. The van der Waals surface area contributed by atoms with Gasteiger partial charge in [-0.15, -0.1) is 0 Å². The fourth-order valence-electron chi connectivity index (χ4n) is 1.59.